The van der Waals surface area contributed by atoms with E-state index in [0.717, 1.165) is 21.7 Å². The molecule has 3 rings (SSSR count). The van der Waals surface area contributed by atoms with E-state index in [4.69, 9.17) is 0 Å². The Bertz CT molecular complexity index is 548. The van der Waals surface area contributed by atoms with Crippen LogP contribution in [-0.2, 0) is 0 Å². The molecule has 2 nitrogen and oxygen atoms in total. The number of hydrogen-bond donors (Lipinski definition) is 1. The van der Waals surface area contributed by atoms with Crippen molar-refractivity contribution >= 4 is 54.4 Å². The van der Waals surface area contributed by atoms with Gasteiger partial charge in [-0.2, -0.15) is 11.8 Å². The predicted molar refractivity (Wildman–Crippen MR) is 81.3 cm³/mol. The van der Waals surface area contributed by atoms with Gasteiger partial charge in [0, 0.05) is 15.8 Å². The van der Waals surface area contributed by atoms with Gasteiger partial charge in [-0.1, -0.05) is 27.3 Å². The summed E-state index contributed by atoms with van der Waals surface area (Å²) in [7, 11) is 0. The van der Waals surface area contributed by atoms with Gasteiger partial charge in [0.15, 0.2) is 5.13 Å². The first-order valence-electron chi connectivity index (χ1n) is 5.56. The molecular weight excluding hydrogens is 316 g/mol. The van der Waals surface area contributed by atoms with Crippen molar-refractivity contribution in [3.05, 3.63) is 22.7 Å². The highest BCUT2D eigenvalue weighted by Crippen LogP contribution is 2.47. The summed E-state index contributed by atoms with van der Waals surface area (Å²) in [5, 5.41) is 4.52. The number of rotatable bonds is 4. The molecule has 1 aliphatic rings. The summed E-state index contributed by atoms with van der Waals surface area (Å²) in [6, 6.07) is 6.25. The fourth-order valence-electron chi connectivity index (χ4n) is 1.81. The first-order valence-corrected chi connectivity index (χ1v) is 8.39. The second-order valence-corrected chi connectivity index (χ2v) is 7.59. The summed E-state index contributed by atoms with van der Waals surface area (Å²) < 4.78 is 2.81. The zero-order chi connectivity index (χ0) is 11.9. The lowest BCUT2D eigenvalue weighted by Gasteiger charge is -2.11. The van der Waals surface area contributed by atoms with Gasteiger partial charge in [-0.05, 0) is 37.3 Å². The van der Waals surface area contributed by atoms with E-state index in [9.17, 15) is 0 Å². The molecule has 1 aromatic carbocycles. The fraction of sp³-hybridized carbons (Fsp3) is 0.417. The SMILES string of the molecule is CSC1(CNc2nc3cc(Br)ccc3s2)CC1. The number of fused-ring (bicyclic) bond motifs is 1. The maximum Gasteiger partial charge on any atom is 0.183 e. The fourth-order valence-corrected chi connectivity index (χ4v) is 3.72. The Kier molecular flexibility index (Phi) is 3.09. The standard InChI is InChI=1S/C12H13BrN2S2/c1-16-12(4-5-12)7-14-11-15-9-6-8(13)2-3-10(9)17-11/h2-3,6H,4-5,7H2,1H3,(H,14,15). The number of benzene rings is 1. The molecule has 5 heteroatoms. The van der Waals surface area contributed by atoms with Crippen molar-refractivity contribution in [2.24, 2.45) is 0 Å². The lowest BCUT2D eigenvalue weighted by atomic mass is 10.3. The molecule has 0 saturated heterocycles. The molecule has 0 spiro atoms. The third kappa shape index (κ3) is 2.46. The van der Waals surface area contributed by atoms with Gasteiger partial charge in [-0.25, -0.2) is 4.98 Å². The molecular formula is C12H13BrN2S2. The van der Waals surface area contributed by atoms with Crippen molar-refractivity contribution < 1.29 is 0 Å². The highest BCUT2D eigenvalue weighted by atomic mass is 79.9. The van der Waals surface area contributed by atoms with Gasteiger partial charge in [-0.3, -0.25) is 0 Å². The van der Waals surface area contributed by atoms with Gasteiger partial charge in [0.1, 0.15) is 0 Å². The third-order valence-electron chi connectivity index (χ3n) is 3.15. The predicted octanol–water partition coefficient (Wildman–Crippen LogP) is 4.37. The van der Waals surface area contributed by atoms with Gasteiger partial charge < -0.3 is 5.32 Å². The van der Waals surface area contributed by atoms with E-state index in [1.54, 1.807) is 11.3 Å². The van der Waals surface area contributed by atoms with E-state index in [1.807, 2.05) is 11.8 Å². The molecule has 17 heavy (non-hydrogen) atoms. The summed E-state index contributed by atoms with van der Waals surface area (Å²) in [6.45, 7) is 1.04. The van der Waals surface area contributed by atoms with Crippen LogP contribution in [0.2, 0.25) is 0 Å². The van der Waals surface area contributed by atoms with Crippen molar-refractivity contribution in [3.8, 4) is 0 Å². The quantitative estimate of drug-likeness (QED) is 0.902. The Morgan fingerprint density at radius 2 is 2.35 bits per heavy atom. The van der Waals surface area contributed by atoms with Crippen molar-refractivity contribution in [2.45, 2.75) is 17.6 Å². The Hall–Kier alpha value is -0.260. The zero-order valence-corrected chi connectivity index (χ0v) is 12.7. The topological polar surface area (TPSA) is 24.9 Å². The Morgan fingerprint density at radius 1 is 1.53 bits per heavy atom. The van der Waals surface area contributed by atoms with Crippen molar-refractivity contribution in [1.29, 1.82) is 0 Å². The maximum absolute atomic E-state index is 4.61. The molecule has 1 saturated carbocycles. The molecule has 1 heterocycles. The number of hydrogen-bond acceptors (Lipinski definition) is 4. The second-order valence-electron chi connectivity index (χ2n) is 4.37. The highest BCUT2D eigenvalue weighted by molar-refractivity contribution is 9.10. The maximum atomic E-state index is 4.61. The average molecular weight is 329 g/mol. The highest BCUT2D eigenvalue weighted by Gasteiger charge is 2.41. The van der Waals surface area contributed by atoms with Crippen molar-refractivity contribution in [1.82, 2.24) is 4.98 Å². The average Bonchev–Trinajstić information content (AvgIpc) is 3.00. The molecule has 2 aromatic rings. The van der Waals surface area contributed by atoms with Crippen LogP contribution in [0.4, 0.5) is 5.13 Å². The summed E-state index contributed by atoms with van der Waals surface area (Å²) >= 11 is 7.18. The largest absolute Gasteiger partial charge is 0.360 e. The van der Waals surface area contributed by atoms with Crippen LogP contribution in [0.15, 0.2) is 22.7 Å². The van der Waals surface area contributed by atoms with Crippen LogP contribution in [0.25, 0.3) is 10.2 Å². The molecule has 0 bridgehead atoms. The molecule has 1 aromatic heterocycles. The number of aromatic nitrogens is 1. The Labute approximate surface area is 117 Å². The molecule has 0 radical (unpaired) electrons. The third-order valence-corrected chi connectivity index (χ3v) is 6.06. The minimum absolute atomic E-state index is 0.485. The van der Waals surface area contributed by atoms with Gasteiger partial charge in [0.05, 0.1) is 10.2 Å². The van der Waals surface area contributed by atoms with Crippen LogP contribution in [0.5, 0.6) is 0 Å². The minimum atomic E-state index is 0.485. The Balaban J connectivity index is 1.77. The molecule has 1 aliphatic carbocycles. The van der Waals surface area contributed by atoms with Gasteiger partial charge >= 0.3 is 0 Å². The number of nitrogens with zero attached hydrogens (tertiary/aromatic N) is 1. The van der Waals surface area contributed by atoms with E-state index >= 15 is 0 Å². The van der Waals surface area contributed by atoms with Crippen molar-refractivity contribution in [3.63, 3.8) is 0 Å². The van der Waals surface area contributed by atoms with Gasteiger partial charge in [0.25, 0.3) is 0 Å². The second kappa shape index (κ2) is 4.44. The number of anilines is 1. The van der Waals surface area contributed by atoms with Crippen LogP contribution < -0.4 is 5.32 Å². The lowest BCUT2D eigenvalue weighted by Crippen LogP contribution is -2.17. The lowest BCUT2D eigenvalue weighted by molar-refractivity contribution is 0.947. The minimum Gasteiger partial charge on any atom is -0.360 e. The Morgan fingerprint density at radius 3 is 3.06 bits per heavy atom. The monoisotopic (exact) mass is 328 g/mol. The normalized spacial score (nSPS) is 17.3. The molecule has 1 fully saturated rings. The number of thioether (sulfide) groups is 1. The molecule has 0 aliphatic heterocycles. The van der Waals surface area contributed by atoms with Crippen LogP contribution in [0.3, 0.4) is 0 Å². The smallest absolute Gasteiger partial charge is 0.183 e. The number of thiazole rings is 1. The van der Waals surface area contributed by atoms with E-state index in [0.29, 0.717) is 4.75 Å². The molecule has 90 valence electrons. The van der Waals surface area contributed by atoms with E-state index in [-0.39, 0.29) is 0 Å². The van der Waals surface area contributed by atoms with Crippen LogP contribution >= 0.6 is 39.0 Å². The summed E-state index contributed by atoms with van der Waals surface area (Å²) in [5.41, 5.74) is 1.07. The van der Waals surface area contributed by atoms with Crippen LogP contribution in [0.1, 0.15) is 12.8 Å². The zero-order valence-electron chi connectivity index (χ0n) is 9.50. The number of nitrogens with one attached hydrogen (secondary N) is 1. The molecule has 1 N–H and O–H groups in total. The van der Waals surface area contributed by atoms with Crippen LogP contribution in [0, 0.1) is 0 Å². The first-order chi connectivity index (χ1) is 8.21. The molecule has 0 amide bonds. The van der Waals surface area contributed by atoms with Crippen LogP contribution in [-0.4, -0.2) is 22.5 Å². The van der Waals surface area contributed by atoms with Gasteiger partial charge in [0.2, 0.25) is 0 Å². The van der Waals surface area contributed by atoms with E-state index in [1.165, 1.54) is 17.5 Å². The number of halogens is 1. The summed E-state index contributed by atoms with van der Waals surface area (Å²) in [4.78, 5) is 4.61. The van der Waals surface area contributed by atoms with Gasteiger partial charge in [-0.15, -0.1) is 0 Å². The van der Waals surface area contributed by atoms with E-state index < -0.39 is 0 Å². The molecule has 0 atom stereocenters. The first kappa shape index (κ1) is 11.8. The van der Waals surface area contributed by atoms with Crippen molar-refractivity contribution in [2.75, 3.05) is 18.1 Å². The summed E-state index contributed by atoms with van der Waals surface area (Å²) in [6.07, 6.45) is 4.86. The van der Waals surface area contributed by atoms with E-state index in [2.05, 4.69) is 50.7 Å². The molecule has 0 unspecified atom stereocenters. The summed E-state index contributed by atoms with van der Waals surface area (Å²) in [5.74, 6) is 0.